The monoisotopic (exact) mass is 250 g/mol. The number of H-pyrrole nitrogens is 1. The Kier molecular flexibility index (Phi) is 3.89. The van der Waals surface area contributed by atoms with Crippen molar-refractivity contribution in [3.05, 3.63) is 11.4 Å². The van der Waals surface area contributed by atoms with Gasteiger partial charge in [0, 0.05) is 6.04 Å². The number of hydrogen-bond donors (Lipinski definition) is 3. The molecule has 1 aromatic rings. The first-order chi connectivity index (χ1) is 8.59. The Balaban J connectivity index is 1.96. The van der Waals surface area contributed by atoms with Crippen LogP contribution in [0.1, 0.15) is 55.2 Å². The van der Waals surface area contributed by atoms with E-state index in [1.54, 1.807) is 0 Å². The van der Waals surface area contributed by atoms with Gasteiger partial charge in [0.25, 0.3) is 5.91 Å². The minimum absolute atomic E-state index is 0.171. The van der Waals surface area contributed by atoms with E-state index in [1.165, 1.54) is 32.1 Å². The Labute approximate surface area is 108 Å². The fraction of sp³-hybridized carbons (Fsp3) is 0.692. The van der Waals surface area contributed by atoms with Crippen LogP contribution in [0.5, 0.6) is 0 Å². The first-order valence-corrected chi connectivity index (χ1v) is 6.71. The third-order valence-electron chi connectivity index (χ3n) is 3.93. The third kappa shape index (κ3) is 2.66. The first-order valence-electron chi connectivity index (χ1n) is 6.71. The number of nitrogens with two attached hydrogens (primary N) is 1. The number of nitrogen functional groups attached to an aromatic ring is 1. The number of rotatable bonds is 3. The van der Waals surface area contributed by atoms with Crippen molar-refractivity contribution in [2.24, 2.45) is 5.92 Å². The summed E-state index contributed by atoms with van der Waals surface area (Å²) in [6.07, 6.45) is 6.28. The molecule has 1 heterocycles. The topological polar surface area (TPSA) is 83.8 Å². The largest absolute Gasteiger partial charge is 0.395 e. The Hall–Kier alpha value is -1.52. The molecule has 2 rings (SSSR count). The minimum atomic E-state index is -0.171. The number of aryl methyl sites for hydroxylation is 1. The number of nitrogens with zero attached hydrogens (tertiary/aromatic N) is 1. The molecular weight excluding hydrogens is 228 g/mol. The molecule has 0 aromatic carbocycles. The van der Waals surface area contributed by atoms with E-state index in [0.29, 0.717) is 17.3 Å². The van der Waals surface area contributed by atoms with Gasteiger partial charge in [-0.25, -0.2) is 0 Å². The lowest BCUT2D eigenvalue weighted by Crippen LogP contribution is -2.39. The van der Waals surface area contributed by atoms with Crippen LogP contribution in [0.25, 0.3) is 0 Å². The van der Waals surface area contributed by atoms with Crippen LogP contribution in [-0.4, -0.2) is 22.1 Å². The maximum absolute atomic E-state index is 12.1. The predicted octanol–water partition coefficient (Wildman–Crippen LogP) is 2.00. The summed E-state index contributed by atoms with van der Waals surface area (Å²) in [7, 11) is 0. The molecule has 18 heavy (non-hydrogen) atoms. The summed E-state index contributed by atoms with van der Waals surface area (Å²) < 4.78 is 0. The number of carbonyl (C=O) groups excluding carboxylic acids is 1. The second-order valence-electron chi connectivity index (χ2n) is 5.27. The second-order valence-corrected chi connectivity index (χ2v) is 5.27. The van der Waals surface area contributed by atoms with Crippen molar-refractivity contribution >= 4 is 11.6 Å². The van der Waals surface area contributed by atoms with Gasteiger partial charge < -0.3 is 11.1 Å². The first kappa shape index (κ1) is 12.9. The van der Waals surface area contributed by atoms with Crippen LogP contribution < -0.4 is 11.1 Å². The van der Waals surface area contributed by atoms with Crippen LogP contribution in [-0.2, 0) is 0 Å². The number of anilines is 1. The van der Waals surface area contributed by atoms with Crippen molar-refractivity contribution in [1.29, 1.82) is 0 Å². The molecule has 0 saturated heterocycles. The number of carbonyl (C=O) groups is 1. The zero-order valence-corrected chi connectivity index (χ0v) is 11.1. The van der Waals surface area contributed by atoms with Crippen LogP contribution in [0.15, 0.2) is 0 Å². The molecule has 0 spiro atoms. The Morgan fingerprint density at radius 3 is 2.67 bits per heavy atom. The van der Waals surface area contributed by atoms with Gasteiger partial charge in [0.15, 0.2) is 5.69 Å². The van der Waals surface area contributed by atoms with Crippen molar-refractivity contribution in [2.75, 3.05) is 5.73 Å². The van der Waals surface area contributed by atoms with Gasteiger partial charge in [-0.15, -0.1) is 0 Å². The quantitative estimate of drug-likeness (QED) is 0.767. The average molecular weight is 250 g/mol. The SMILES string of the molecule is Cc1[nH]nc(C(=O)NC(C)C2CCCCC2)c1N. The van der Waals surface area contributed by atoms with Crippen molar-refractivity contribution in [3.8, 4) is 0 Å². The van der Waals surface area contributed by atoms with Gasteiger partial charge in [0.2, 0.25) is 0 Å². The maximum atomic E-state index is 12.1. The van der Waals surface area contributed by atoms with Gasteiger partial charge in [-0.2, -0.15) is 5.10 Å². The van der Waals surface area contributed by atoms with E-state index >= 15 is 0 Å². The molecule has 1 aliphatic carbocycles. The molecule has 1 amide bonds. The standard InChI is InChI=1S/C13H22N4O/c1-8(10-6-4-3-5-7-10)15-13(18)12-11(14)9(2)16-17-12/h8,10H,3-7,14H2,1-2H3,(H,15,18)(H,16,17). The Morgan fingerprint density at radius 2 is 2.11 bits per heavy atom. The lowest BCUT2D eigenvalue weighted by molar-refractivity contribution is 0.0915. The normalized spacial score (nSPS) is 18.6. The molecule has 5 heteroatoms. The molecule has 1 fully saturated rings. The van der Waals surface area contributed by atoms with E-state index in [0.717, 1.165) is 5.69 Å². The fourth-order valence-electron chi connectivity index (χ4n) is 2.64. The lowest BCUT2D eigenvalue weighted by atomic mass is 9.84. The van der Waals surface area contributed by atoms with Gasteiger partial charge in [0.05, 0.1) is 11.4 Å². The molecule has 4 N–H and O–H groups in total. The summed E-state index contributed by atoms with van der Waals surface area (Å²) in [5.74, 6) is 0.416. The van der Waals surface area contributed by atoms with E-state index in [1.807, 2.05) is 6.92 Å². The summed E-state index contributed by atoms with van der Waals surface area (Å²) in [6, 6.07) is 0.189. The van der Waals surface area contributed by atoms with Gasteiger partial charge in [-0.1, -0.05) is 19.3 Å². The number of nitrogens with one attached hydrogen (secondary N) is 2. The highest BCUT2D eigenvalue weighted by molar-refractivity contribution is 5.97. The molecule has 1 aromatic heterocycles. The predicted molar refractivity (Wildman–Crippen MR) is 71.2 cm³/mol. The van der Waals surface area contributed by atoms with E-state index < -0.39 is 0 Å². The van der Waals surface area contributed by atoms with Crippen LogP contribution in [0.4, 0.5) is 5.69 Å². The fourth-order valence-corrected chi connectivity index (χ4v) is 2.64. The third-order valence-corrected chi connectivity index (χ3v) is 3.93. The summed E-state index contributed by atoms with van der Waals surface area (Å²) in [5, 5.41) is 9.70. The minimum Gasteiger partial charge on any atom is -0.395 e. The van der Waals surface area contributed by atoms with Gasteiger partial charge in [-0.3, -0.25) is 9.89 Å². The summed E-state index contributed by atoms with van der Waals surface area (Å²) in [6.45, 7) is 3.88. The molecule has 0 radical (unpaired) electrons. The van der Waals surface area contributed by atoms with Crippen LogP contribution in [0.2, 0.25) is 0 Å². The number of aromatic amines is 1. The Bertz CT molecular complexity index is 421. The second kappa shape index (κ2) is 5.42. The van der Waals surface area contributed by atoms with Crippen LogP contribution in [0, 0.1) is 12.8 Å². The Morgan fingerprint density at radius 1 is 1.44 bits per heavy atom. The van der Waals surface area contributed by atoms with Crippen LogP contribution >= 0.6 is 0 Å². The lowest BCUT2D eigenvalue weighted by Gasteiger charge is -2.28. The molecule has 1 saturated carbocycles. The van der Waals surface area contributed by atoms with Crippen LogP contribution in [0.3, 0.4) is 0 Å². The highest BCUT2D eigenvalue weighted by Gasteiger charge is 2.23. The summed E-state index contributed by atoms with van der Waals surface area (Å²) in [5.41, 5.74) is 7.31. The summed E-state index contributed by atoms with van der Waals surface area (Å²) >= 11 is 0. The average Bonchev–Trinajstić information content (AvgIpc) is 2.71. The molecule has 0 bridgehead atoms. The van der Waals surface area contributed by atoms with Crippen molar-refractivity contribution in [1.82, 2.24) is 15.5 Å². The molecular formula is C13H22N4O. The van der Waals surface area contributed by atoms with Crippen molar-refractivity contribution in [3.63, 3.8) is 0 Å². The maximum Gasteiger partial charge on any atom is 0.274 e. The number of hydrogen-bond acceptors (Lipinski definition) is 3. The van der Waals surface area contributed by atoms with E-state index in [4.69, 9.17) is 5.73 Å². The van der Waals surface area contributed by atoms with Gasteiger partial charge in [-0.05, 0) is 32.6 Å². The van der Waals surface area contributed by atoms with Gasteiger partial charge >= 0.3 is 0 Å². The highest BCUT2D eigenvalue weighted by atomic mass is 16.2. The molecule has 0 aliphatic heterocycles. The zero-order chi connectivity index (χ0) is 13.1. The highest BCUT2D eigenvalue weighted by Crippen LogP contribution is 2.26. The molecule has 100 valence electrons. The molecule has 5 nitrogen and oxygen atoms in total. The smallest absolute Gasteiger partial charge is 0.274 e. The van der Waals surface area contributed by atoms with Crippen molar-refractivity contribution < 1.29 is 4.79 Å². The van der Waals surface area contributed by atoms with E-state index in [2.05, 4.69) is 22.4 Å². The molecule has 1 unspecified atom stereocenters. The van der Waals surface area contributed by atoms with E-state index in [9.17, 15) is 4.79 Å². The molecule has 1 aliphatic rings. The number of amides is 1. The van der Waals surface area contributed by atoms with Crippen molar-refractivity contribution in [2.45, 2.75) is 52.0 Å². The summed E-state index contributed by atoms with van der Waals surface area (Å²) in [4.78, 5) is 12.1. The zero-order valence-electron chi connectivity index (χ0n) is 11.1. The van der Waals surface area contributed by atoms with E-state index in [-0.39, 0.29) is 11.9 Å². The van der Waals surface area contributed by atoms with Gasteiger partial charge in [0.1, 0.15) is 0 Å². The number of aromatic nitrogens is 2. The molecule has 1 atom stereocenters.